The predicted octanol–water partition coefficient (Wildman–Crippen LogP) is 1.65. The van der Waals surface area contributed by atoms with Crippen LogP contribution < -0.4 is 5.32 Å². The SMILES string of the molecule is Cc1nsc(NCC2(O)CCC2)c1C#N. The zero-order valence-electron chi connectivity index (χ0n) is 8.58. The molecule has 1 aromatic rings. The van der Waals surface area contributed by atoms with Gasteiger partial charge in [-0.1, -0.05) is 0 Å². The van der Waals surface area contributed by atoms with E-state index in [1.807, 2.05) is 6.92 Å². The predicted molar refractivity (Wildman–Crippen MR) is 58.9 cm³/mol. The minimum absolute atomic E-state index is 0.517. The normalized spacial score (nSPS) is 17.9. The summed E-state index contributed by atoms with van der Waals surface area (Å²) in [4.78, 5) is 0. The molecule has 0 aromatic carbocycles. The summed E-state index contributed by atoms with van der Waals surface area (Å²) in [5, 5.41) is 22.7. The molecule has 0 radical (unpaired) electrons. The van der Waals surface area contributed by atoms with Crippen LogP contribution in [0, 0.1) is 18.3 Å². The third-order valence-electron chi connectivity index (χ3n) is 2.84. The van der Waals surface area contributed by atoms with Crippen LogP contribution in [0.15, 0.2) is 0 Å². The molecule has 0 unspecified atom stereocenters. The van der Waals surface area contributed by atoms with Crippen LogP contribution in [0.1, 0.15) is 30.5 Å². The molecular weight excluding hydrogens is 210 g/mol. The second kappa shape index (κ2) is 3.80. The van der Waals surface area contributed by atoms with Crippen LogP contribution >= 0.6 is 11.5 Å². The maximum atomic E-state index is 9.88. The average Bonchev–Trinajstić information content (AvgIpc) is 2.53. The fourth-order valence-corrected chi connectivity index (χ4v) is 2.37. The number of nitrogens with zero attached hydrogens (tertiary/aromatic N) is 2. The lowest BCUT2D eigenvalue weighted by atomic mass is 9.80. The molecule has 0 bridgehead atoms. The summed E-state index contributed by atoms with van der Waals surface area (Å²) in [6.45, 7) is 2.33. The molecule has 0 aliphatic heterocycles. The lowest BCUT2D eigenvalue weighted by Crippen LogP contribution is -2.43. The number of nitrogens with one attached hydrogen (secondary N) is 1. The van der Waals surface area contributed by atoms with Crippen molar-refractivity contribution in [2.24, 2.45) is 0 Å². The molecule has 0 amide bonds. The molecule has 0 atom stereocenters. The van der Waals surface area contributed by atoms with Crippen molar-refractivity contribution in [2.45, 2.75) is 31.8 Å². The standard InChI is InChI=1S/C10H13N3OS/c1-7-8(5-11)9(15-13-7)12-6-10(14)3-2-4-10/h12,14H,2-4,6H2,1H3. The molecule has 1 aliphatic carbocycles. The highest BCUT2D eigenvalue weighted by Gasteiger charge is 2.34. The fraction of sp³-hybridized carbons (Fsp3) is 0.600. The van der Waals surface area contributed by atoms with Gasteiger partial charge in [-0.3, -0.25) is 0 Å². The van der Waals surface area contributed by atoms with E-state index in [0.29, 0.717) is 12.1 Å². The van der Waals surface area contributed by atoms with Crippen LogP contribution in [0.25, 0.3) is 0 Å². The van der Waals surface area contributed by atoms with Crippen LogP contribution in [0.5, 0.6) is 0 Å². The number of nitriles is 1. The van der Waals surface area contributed by atoms with E-state index >= 15 is 0 Å². The van der Waals surface area contributed by atoms with Crippen molar-refractivity contribution in [3.05, 3.63) is 11.3 Å². The maximum Gasteiger partial charge on any atom is 0.127 e. The molecular formula is C10H13N3OS. The number of aliphatic hydroxyl groups is 1. The highest BCUT2D eigenvalue weighted by atomic mass is 32.1. The molecule has 1 saturated carbocycles. The van der Waals surface area contributed by atoms with E-state index in [4.69, 9.17) is 5.26 Å². The largest absolute Gasteiger partial charge is 0.388 e. The summed E-state index contributed by atoms with van der Waals surface area (Å²) < 4.78 is 4.11. The number of rotatable bonds is 3. The van der Waals surface area contributed by atoms with Crippen molar-refractivity contribution in [1.82, 2.24) is 4.37 Å². The molecule has 1 aromatic heterocycles. The Balaban J connectivity index is 2.02. The van der Waals surface area contributed by atoms with Crippen molar-refractivity contribution in [2.75, 3.05) is 11.9 Å². The molecule has 1 fully saturated rings. The van der Waals surface area contributed by atoms with Gasteiger partial charge in [-0.05, 0) is 37.7 Å². The summed E-state index contributed by atoms with van der Waals surface area (Å²) in [5.41, 5.74) is 0.790. The van der Waals surface area contributed by atoms with Gasteiger partial charge in [0.05, 0.1) is 11.3 Å². The number of hydrogen-bond acceptors (Lipinski definition) is 5. The Bertz CT molecular complexity index is 403. The molecule has 0 saturated heterocycles. The van der Waals surface area contributed by atoms with Crippen molar-refractivity contribution in [3.8, 4) is 6.07 Å². The molecule has 1 heterocycles. The fourth-order valence-electron chi connectivity index (χ4n) is 1.63. The quantitative estimate of drug-likeness (QED) is 0.817. The van der Waals surface area contributed by atoms with Gasteiger partial charge in [0, 0.05) is 6.54 Å². The number of hydrogen-bond donors (Lipinski definition) is 2. The van der Waals surface area contributed by atoms with Crippen molar-refractivity contribution >= 4 is 16.5 Å². The van der Waals surface area contributed by atoms with Crippen molar-refractivity contribution in [3.63, 3.8) is 0 Å². The first-order valence-electron chi connectivity index (χ1n) is 4.97. The molecule has 0 spiro atoms. The first-order chi connectivity index (χ1) is 7.14. The van der Waals surface area contributed by atoms with Crippen molar-refractivity contribution < 1.29 is 5.11 Å². The lowest BCUT2D eigenvalue weighted by Gasteiger charge is -2.36. The summed E-state index contributed by atoms with van der Waals surface area (Å²) in [6.07, 6.45) is 2.78. The Morgan fingerprint density at radius 1 is 1.67 bits per heavy atom. The van der Waals surface area contributed by atoms with Gasteiger partial charge in [0.15, 0.2) is 0 Å². The van der Waals surface area contributed by atoms with Gasteiger partial charge in [0.25, 0.3) is 0 Å². The van der Waals surface area contributed by atoms with Gasteiger partial charge in [0.1, 0.15) is 16.6 Å². The molecule has 2 N–H and O–H groups in total. The molecule has 15 heavy (non-hydrogen) atoms. The van der Waals surface area contributed by atoms with E-state index in [9.17, 15) is 5.11 Å². The lowest BCUT2D eigenvalue weighted by molar-refractivity contribution is -0.0201. The molecule has 80 valence electrons. The zero-order chi connectivity index (χ0) is 10.9. The maximum absolute atomic E-state index is 9.88. The van der Waals surface area contributed by atoms with E-state index < -0.39 is 5.60 Å². The van der Waals surface area contributed by atoms with Gasteiger partial charge < -0.3 is 10.4 Å². The Hall–Kier alpha value is -1.12. The van der Waals surface area contributed by atoms with Gasteiger partial charge >= 0.3 is 0 Å². The smallest absolute Gasteiger partial charge is 0.127 e. The van der Waals surface area contributed by atoms with E-state index in [1.165, 1.54) is 11.5 Å². The van der Waals surface area contributed by atoms with E-state index in [-0.39, 0.29) is 0 Å². The third-order valence-corrected chi connectivity index (χ3v) is 3.73. The van der Waals surface area contributed by atoms with Gasteiger partial charge in [0.2, 0.25) is 0 Å². The monoisotopic (exact) mass is 223 g/mol. The summed E-state index contributed by atoms with van der Waals surface area (Å²) in [6, 6.07) is 2.12. The topological polar surface area (TPSA) is 68.9 Å². The Labute approximate surface area is 92.7 Å². The van der Waals surface area contributed by atoms with Gasteiger partial charge in [-0.25, -0.2) is 0 Å². The van der Waals surface area contributed by atoms with Crippen molar-refractivity contribution in [1.29, 1.82) is 5.26 Å². The highest BCUT2D eigenvalue weighted by Crippen LogP contribution is 2.32. The van der Waals surface area contributed by atoms with E-state index in [2.05, 4.69) is 15.8 Å². The van der Waals surface area contributed by atoms with Gasteiger partial charge in [-0.2, -0.15) is 9.64 Å². The van der Waals surface area contributed by atoms with E-state index in [0.717, 1.165) is 30.0 Å². The highest BCUT2D eigenvalue weighted by molar-refractivity contribution is 7.10. The van der Waals surface area contributed by atoms with Crippen LogP contribution in [0.3, 0.4) is 0 Å². The third kappa shape index (κ3) is 1.96. The zero-order valence-corrected chi connectivity index (χ0v) is 9.39. The Morgan fingerprint density at radius 3 is 2.93 bits per heavy atom. The van der Waals surface area contributed by atoms with Crippen LogP contribution in [0.4, 0.5) is 5.00 Å². The Morgan fingerprint density at radius 2 is 2.40 bits per heavy atom. The molecule has 5 heteroatoms. The number of anilines is 1. The summed E-state index contributed by atoms with van der Waals surface area (Å²) in [7, 11) is 0. The first kappa shape index (κ1) is 10.4. The van der Waals surface area contributed by atoms with Gasteiger partial charge in [-0.15, -0.1) is 0 Å². The van der Waals surface area contributed by atoms with E-state index in [1.54, 1.807) is 0 Å². The minimum Gasteiger partial charge on any atom is -0.388 e. The average molecular weight is 223 g/mol. The number of aryl methyl sites for hydroxylation is 1. The molecule has 1 aliphatic rings. The van der Waals surface area contributed by atoms with Crippen LogP contribution in [-0.2, 0) is 0 Å². The summed E-state index contributed by atoms with van der Waals surface area (Å²) >= 11 is 1.28. The van der Waals surface area contributed by atoms with Crippen LogP contribution in [-0.4, -0.2) is 21.6 Å². The molecule has 4 nitrogen and oxygen atoms in total. The number of aromatic nitrogens is 1. The second-order valence-electron chi connectivity index (χ2n) is 4.02. The first-order valence-corrected chi connectivity index (χ1v) is 5.75. The Kier molecular flexibility index (Phi) is 2.63. The summed E-state index contributed by atoms with van der Waals surface area (Å²) in [5.74, 6) is 0. The van der Waals surface area contributed by atoms with Crippen LogP contribution in [0.2, 0.25) is 0 Å². The minimum atomic E-state index is -0.565. The molecule has 2 rings (SSSR count). The second-order valence-corrected chi connectivity index (χ2v) is 4.79.